The molecule has 2 heterocycles. The summed E-state index contributed by atoms with van der Waals surface area (Å²) in [4.78, 5) is 12.6. The molecule has 0 radical (unpaired) electrons. The van der Waals surface area contributed by atoms with Gasteiger partial charge in [-0.1, -0.05) is 53.0 Å². The van der Waals surface area contributed by atoms with Crippen molar-refractivity contribution in [2.75, 3.05) is 5.32 Å². The summed E-state index contributed by atoms with van der Waals surface area (Å²) in [7, 11) is 0. The molecule has 0 aliphatic rings. The number of anilines is 1. The summed E-state index contributed by atoms with van der Waals surface area (Å²) in [5.74, 6) is 0.421. The van der Waals surface area contributed by atoms with Crippen LogP contribution in [0.1, 0.15) is 21.7 Å². The zero-order valence-corrected chi connectivity index (χ0v) is 19.2. The molecule has 32 heavy (non-hydrogen) atoms. The minimum Gasteiger partial charge on any atom is -0.468 e. The first kappa shape index (κ1) is 22.2. The molecule has 0 bridgehead atoms. The lowest BCUT2D eigenvalue weighted by Crippen LogP contribution is -2.15. The quantitative estimate of drug-likeness (QED) is 0.361. The number of ether oxygens (including phenoxy) is 1. The Morgan fingerprint density at radius 1 is 1.03 bits per heavy atom. The van der Waals surface area contributed by atoms with Crippen LogP contribution in [0.2, 0.25) is 15.1 Å². The van der Waals surface area contributed by atoms with Crippen LogP contribution in [-0.4, -0.2) is 25.5 Å². The fourth-order valence-electron chi connectivity index (χ4n) is 2.98. The Morgan fingerprint density at radius 2 is 1.75 bits per heavy atom. The van der Waals surface area contributed by atoms with Gasteiger partial charge in [0.25, 0.3) is 5.91 Å². The number of carbonyl (C=O) groups is 1. The average molecular weight is 491 g/mol. The number of nitrogens with one attached hydrogen (secondary N) is 1. The van der Waals surface area contributed by atoms with Gasteiger partial charge in [0.1, 0.15) is 0 Å². The van der Waals surface area contributed by atoms with E-state index in [0.29, 0.717) is 33.2 Å². The Bertz CT molecular complexity index is 1230. The largest absolute Gasteiger partial charge is 0.468 e. The summed E-state index contributed by atoms with van der Waals surface area (Å²) in [6, 6.07) is 16.0. The molecule has 0 atom stereocenters. The van der Waals surface area contributed by atoms with Crippen molar-refractivity contribution in [2.45, 2.75) is 20.2 Å². The number of rotatable bonds is 7. The summed E-state index contributed by atoms with van der Waals surface area (Å²) in [6.07, 6.45) is 1.63. The number of hydrogen-bond donors (Lipinski definition) is 1. The number of amides is 1. The number of halogens is 3. The van der Waals surface area contributed by atoms with E-state index in [2.05, 4.69) is 15.5 Å². The Balaban J connectivity index is 1.38. The van der Waals surface area contributed by atoms with E-state index >= 15 is 0 Å². The molecule has 2 aromatic carbocycles. The second kappa shape index (κ2) is 9.65. The number of aryl methyl sites for hydroxylation is 1. The van der Waals surface area contributed by atoms with Crippen molar-refractivity contribution in [3.05, 3.63) is 92.8 Å². The second-order valence-corrected chi connectivity index (χ2v) is 8.22. The lowest BCUT2D eigenvalue weighted by Gasteiger charge is -2.09. The van der Waals surface area contributed by atoms with Crippen molar-refractivity contribution in [3.8, 4) is 5.75 Å². The normalized spacial score (nSPS) is 10.9. The number of benzene rings is 2. The van der Waals surface area contributed by atoms with Crippen LogP contribution < -0.4 is 10.1 Å². The van der Waals surface area contributed by atoms with Crippen LogP contribution in [0, 0.1) is 6.92 Å². The van der Waals surface area contributed by atoms with Gasteiger partial charge in [0.05, 0.1) is 16.6 Å². The SMILES string of the molecule is Cc1cc(NC(=O)c2ccn(COc3c(Cl)cccc3Cl)n2)nn1Cc1ccc(Cl)cc1. The maximum absolute atomic E-state index is 12.6. The minimum atomic E-state index is -0.379. The summed E-state index contributed by atoms with van der Waals surface area (Å²) >= 11 is 18.1. The number of carbonyl (C=O) groups excluding carboxylic acids is 1. The van der Waals surface area contributed by atoms with Crippen LogP contribution in [0.4, 0.5) is 5.82 Å². The third-order valence-electron chi connectivity index (χ3n) is 4.60. The van der Waals surface area contributed by atoms with E-state index in [9.17, 15) is 4.79 Å². The van der Waals surface area contributed by atoms with E-state index in [1.807, 2.05) is 31.2 Å². The maximum atomic E-state index is 12.6. The number of nitrogens with zero attached hydrogens (tertiary/aromatic N) is 4. The van der Waals surface area contributed by atoms with Gasteiger partial charge in [-0.25, -0.2) is 4.68 Å². The standard InChI is InChI=1S/C22H18Cl3N5O2/c1-14-11-20(28-30(14)12-15-5-7-16(23)8-6-15)26-22(31)19-9-10-29(27-19)13-32-21-17(24)3-2-4-18(21)25/h2-11H,12-13H2,1H3,(H,26,28,31). The molecule has 164 valence electrons. The molecule has 2 aromatic heterocycles. The summed E-state index contributed by atoms with van der Waals surface area (Å²) in [5.41, 5.74) is 2.19. The molecule has 10 heteroatoms. The van der Waals surface area contributed by atoms with E-state index < -0.39 is 0 Å². The van der Waals surface area contributed by atoms with E-state index in [1.54, 1.807) is 41.2 Å². The lowest BCUT2D eigenvalue weighted by molar-refractivity contribution is 0.101. The van der Waals surface area contributed by atoms with Crippen molar-refractivity contribution in [1.29, 1.82) is 0 Å². The Hall–Kier alpha value is -3.00. The monoisotopic (exact) mass is 489 g/mol. The first-order valence-electron chi connectivity index (χ1n) is 9.59. The molecule has 0 aliphatic carbocycles. The smallest absolute Gasteiger partial charge is 0.277 e. The van der Waals surface area contributed by atoms with E-state index in [1.165, 1.54) is 4.68 Å². The lowest BCUT2D eigenvalue weighted by atomic mass is 10.2. The number of aromatic nitrogens is 4. The van der Waals surface area contributed by atoms with Crippen molar-refractivity contribution < 1.29 is 9.53 Å². The molecule has 0 fully saturated rings. The van der Waals surface area contributed by atoms with Crippen LogP contribution >= 0.6 is 34.8 Å². The summed E-state index contributed by atoms with van der Waals surface area (Å²) in [6.45, 7) is 2.53. The highest BCUT2D eigenvalue weighted by Gasteiger charge is 2.14. The molecule has 0 saturated carbocycles. The van der Waals surface area contributed by atoms with Gasteiger partial charge in [0.15, 0.2) is 24.0 Å². The van der Waals surface area contributed by atoms with Gasteiger partial charge < -0.3 is 10.1 Å². The maximum Gasteiger partial charge on any atom is 0.277 e. The minimum absolute atomic E-state index is 0.0472. The molecule has 0 unspecified atom stereocenters. The highest BCUT2D eigenvalue weighted by atomic mass is 35.5. The molecule has 0 aliphatic heterocycles. The second-order valence-electron chi connectivity index (χ2n) is 6.97. The first-order valence-corrected chi connectivity index (χ1v) is 10.7. The van der Waals surface area contributed by atoms with Crippen molar-refractivity contribution in [3.63, 3.8) is 0 Å². The average Bonchev–Trinajstić information content (AvgIpc) is 3.36. The molecule has 7 nitrogen and oxygen atoms in total. The third kappa shape index (κ3) is 5.24. The fraction of sp³-hybridized carbons (Fsp3) is 0.136. The zero-order chi connectivity index (χ0) is 22.7. The molecule has 4 aromatic rings. The van der Waals surface area contributed by atoms with E-state index in [-0.39, 0.29) is 18.3 Å². The highest BCUT2D eigenvalue weighted by molar-refractivity contribution is 6.37. The molecule has 0 spiro atoms. The molecule has 0 saturated heterocycles. The van der Waals surface area contributed by atoms with E-state index in [0.717, 1.165) is 11.3 Å². The van der Waals surface area contributed by atoms with Crippen LogP contribution in [0.15, 0.2) is 60.8 Å². The zero-order valence-electron chi connectivity index (χ0n) is 16.9. The summed E-state index contributed by atoms with van der Waals surface area (Å²) in [5, 5.41) is 12.9. The van der Waals surface area contributed by atoms with Crippen LogP contribution in [0.3, 0.4) is 0 Å². The Labute approximate surface area is 199 Å². The van der Waals surface area contributed by atoms with Gasteiger partial charge in [0, 0.05) is 23.0 Å². The van der Waals surface area contributed by atoms with Gasteiger partial charge in [0.2, 0.25) is 0 Å². The first-order chi connectivity index (χ1) is 15.4. The Kier molecular flexibility index (Phi) is 6.69. The van der Waals surface area contributed by atoms with Gasteiger partial charge in [-0.15, -0.1) is 0 Å². The Morgan fingerprint density at radius 3 is 2.47 bits per heavy atom. The van der Waals surface area contributed by atoms with Gasteiger partial charge >= 0.3 is 0 Å². The van der Waals surface area contributed by atoms with Gasteiger partial charge in [-0.05, 0) is 42.8 Å². The van der Waals surface area contributed by atoms with Crippen molar-refractivity contribution in [2.24, 2.45) is 0 Å². The predicted molar refractivity (Wildman–Crippen MR) is 125 cm³/mol. The predicted octanol–water partition coefficient (Wildman–Crippen LogP) is 5.69. The molecular weight excluding hydrogens is 473 g/mol. The number of para-hydroxylation sites is 1. The fourth-order valence-corrected chi connectivity index (χ4v) is 3.61. The van der Waals surface area contributed by atoms with Crippen molar-refractivity contribution >= 4 is 46.5 Å². The van der Waals surface area contributed by atoms with E-state index in [4.69, 9.17) is 39.5 Å². The van der Waals surface area contributed by atoms with Gasteiger partial charge in [-0.3, -0.25) is 9.48 Å². The topological polar surface area (TPSA) is 74.0 Å². The third-order valence-corrected chi connectivity index (χ3v) is 5.45. The summed E-state index contributed by atoms with van der Waals surface area (Å²) < 4.78 is 8.90. The molecule has 4 rings (SSSR count). The van der Waals surface area contributed by atoms with Crippen LogP contribution in [-0.2, 0) is 13.3 Å². The number of hydrogen-bond acceptors (Lipinski definition) is 4. The highest BCUT2D eigenvalue weighted by Crippen LogP contribution is 2.32. The van der Waals surface area contributed by atoms with Crippen LogP contribution in [0.25, 0.3) is 0 Å². The molecular formula is C22H18Cl3N5O2. The van der Waals surface area contributed by atoms with Crippen molar-refractivity contribution in [1.82, 2.24) is 19.6 Å². The van der Waals surface area contributed by atoms with Gasteiger partial charge in [-0.2, -0.15) is 10.2 Å². The van der Waals surface area contributed by atoms with Crippen LogP contribution in [0.5, 0.6) is 5.75 Å². The molecule has 1 N–H and O–H groups in total. The molecule has 1 amide bonds.